The number of aliphatic hydroxyl groups is 1. The second-order valence-electron chi connectivity index (χ2n) is 3.00. The molecule has 0 aromatic heterocycles. The van der Waals surface area contributed by atoms with E-state index in [1.807, 2.05) is 0 Å². The van der Waals surface area contributed by atoms with Gasteiger partial charge >= 0.3 is 0 Å². The molecule has 3 atom stereocenters. The van der Waals surface area contributed by atoms with Crippen molar-refractivity contribution in [3.05, 3.63) is 0 Å². The van der Waals surface area contributed by atoms with Gasteiger partial charge in [0.1, 0.15) is 0 Å². The molecule has 1 aliphatic rings. The third kappa shape index (κ3) is 1.25. The second kappa shape index (κ2) is 2.67. The predicted molar refractivity (Wildman–Crippen MR) is 36.9 cm³/mol. The first-order chi connectivity index (χ1) is 4.25. The van der Waals surface area contributed by atoms with Gasteiger partial charge in [0.15, 0.2) is 0 Å². The molecule has 1 aliphatic carbocycles. The van der Waals surface area contributed by atoms with Crippen LogP contribution in [-0.4, -0.2) is 17.8 Å². The minimum absolute atomic E-state index is 0.0847. The van der Waals surface area contributed by atoms with Crippen molar-refractivity contribution in [2.24, 2.45) is 17.6 Å². The van der Waals surface area contributed by atoms with Crippen molar-refractivity contribution < 1.29 is 5.11 Å². The van der Waals surface area contributed by atoms with Gasteiger partial charge in [0.2, 0.25) is 0 Å². The van der Waals surface area contributed by atoms with E-state index in [0.717, 1.165) is 19.4 Å². The van der Waals surface area contributed by atoms with Crippen molar-refractivity contribution >= 4 is 0 Å². The monoisotopic (exact) mass is 129 g/mol. The SMILES string of the molecule is CC1C(O)CCC1CN. The van der Waals surface area contributed by atoms with Gasteiger partial charge in [-0.25, -0.2) is 0 Å². The van der Waals surface area contributed by atoms with Crippen molar-refractivity contribution in [2.75, 3.05) is 6.54 Å². The Kier molecular flexibility index (Phi) is 2.09. The molecule has 0 heterocycles. The molecule has 3 N–H and O–H groups in total. The average molecular weight is 129 g/mol. The Bertz CT molecular complexity index is 94.9. The molecule has 0 bridgehead atoms. The summed E-state index contributed by atoms with van der Waals surface area (Å²) in [6.07, 6.45) is 1.97. The predicted octanol–water partition coefficient (Wildman–Crippen LogP) is 0.352. The Morgan fingerprint density at radius 1 is 1.56 bits per heavy atom. The topological polar surface area (TPSA) is 46.2 Å². The van der Waals surface area contributed by atoms with Gasteiger partial charge in [0.25, 0.3) is 0 Å². The van der Waals surface area contributed by atoms with E-state index >= 15 is 0 Å². The average Bonchev–Trinajstić information content (AvgIpc) is 2.15. The normalized spacial score (nSPS) is 43.7. The Morgan fingerprint density at radius 2 is 2.22 bits per heavy atom. The Hall–Kier alpha value is -0.0800. The molecular weight excluding hydrogens is 114 g/mol. The molecule has 0 aliphatic heterocycles. The van der Waals surface area contributed by atoms with Gasteiger partial charge < -0.3 is 10.8 Å². The summed E-state index contributed by atoms with van der Waals surface area (Å²) in [6, 6.07) is 0. The zero-order chi connectivity index (χ0) is 6.85. The molecule has 0 aromatic carbocycles. The number of rotatable bonds is 1. The van der Waals surface area contributed by atoms with Gasteiger partial charge in [-0.05, 0) is 31.2 Å². The second-order valence-corrected chi connectivity index (χ2v) is 3.00. The standard InChI is InChI=1S/C7H15NO/c1-5-6(4-8)2-3-7(5)9/h5-7,9H,2-4,8H2,1H3. The van der Waals surface area contributed by atoms with Crippen molar-refractivity contribution in [1.29, 1.82) is 0 Å². The minimum atomic E-state index is -0.0847. The van der Waals surface area contributed by atoms with E-state index in [0.29, 0.717) is 11.8 Å². The fraction of sp³-hybridized carbons (Fsp3) is 1.00. The van der Waals surface area contributed by atoms with Crippen LogP contribution in [0.4, 0.5) is 0 Å². The summed E-state index contributed by atoms with van der Waals surface area (Å²) in [7, 11) is 0. The van der Waals surface area contributed by atoms with Crippen LogP contribution in [0, 0.1) is 11.8 Å². The van der Waals surface area contributed by atoms with Crippen LogP contribution in [0.1, 0.15) is 19.8 Å². The zero-order valence-electron chi connectivity index (χ0n) is 5.88. The van der Waals surface area contributed by atoms with E-state index in [4.69, 9.17) is 5.73 Å². The lowest BCUT2D eigenvalue weighted by Crippen LogP contribution is -2.21. The highest BCUT2D eigenvalue weighted by molar-refractivity contribution is 4.81. The van der Waals surface area contributed by atoms with Crippen molar-refractivity contribution in [3.63, 3.8) is 0 Å². The first-order valence-corrected chi connectivity index (χ1v) is 3.64. The van der Waals surface area contributed by atoms with Gasteiger partial charge in [-0.2, -0.15) is 0 Å². The van der Waals surface area contributed by atoms with E-state index in [1.54, 1.807) is 0 Å². The number of aliphatic hydroxyl groups excluding tert-OH is 1. The molecule has 9 heavy (non-hydrogen) atoms. The van der Waals surface area contributed by atoms with Crippen LogP contribution in [0.5, 0.6) is 0 Å². The van der Waals surface area contributed by atoms with Crippen LogP contribution >= 0.6 is 0 Å². The highest BCUT2D eigenvalue weighted by Gasteiger charge is 2.29. The lowest BCUT2D eigenvalue weighted by Gasteiger charge is -2.14. The van der Waals surface area contributed by atoms with Crippen LogP contribution < -0.4 is 5.73 Å². The summed E-state index contributed by atoms with van der Waals surface area (Å²) < 4.78 is 0. The van der Waals surface area contributed by atoms with Gasteiger partial charge in [-0.3, -0.25) is 0 Å². The van der Waals surface area contributed by atoms with Crippen molar-refractivity contribution in [2.45, 2.75) is 25.9 Å². The maximum atomic E-state index is 9.24. The Morgan fingerprint density at radius 3 is 2.44 bits per heavy atom. The molecule has 0 radical (unpaired) electrons. The van der Waals surface area contributed by atoms with Crippen LogP contribution in [0.25, 0.3) is 0 Å². The molecular formula is C7H15NO. The summed E-state index contributed by atoms with van der Waals surface area (Å²) in [4.78, 5) is 0. The smallest absolute Gasteiger partial charge is 0.0569 e. The lowest BCUT2D eigenvalue weighted by atomic mass is 9.97. The van der Waals surface area contributed by atoms with Crippen molar-refractivity contribution in [1.82, 2.24) is 0 Å². The van der Waals surface area contributed by atoms with Crippen LogP contribution in [-0.2, 0) is 0 Å². The zero-order valence-corrected chi connectivity index (χ0v) is 5.88. The van der Waals surface area contributed by atoms with Gasteiger partial charge in [-0.15, -0.1) is 0 Å². The molecule has 0 spiro atoms. The maximum Gasteiger partial charge on any atom is 0.0569 e. The Labute approximate surface area is 56.1 Å². The molecule has 0 amide bonds. The largest absolute Gasteiger partial charge is 0.393 e. The first kappa shape index (κ1) is 7.03. The molecule has 3 unspecified atom stereocenters. The van der Waals surface area contributed by atoms with Crippen LogP contribution in [0.15, 0.2) is 0 Å². The lowest BCUT2D eigenvalue weighted by molar-refractivity contribution is 0.128. The number of hydrogen-bond acceptors (Lipinski definition) is 2. The summed E-state index contributed by atoms with van der Waals surface area (Å²) in [5.74, 6) is 0.995. The number of hydrogen-bond donors (Lipinski definition) is 2. The molecule has 1 saturated carbocycles. The van der Waals surface area contributed by atoms with Gasteiger partial charge in [0.05, 0.1) is 6.10 Å². The molecule has 0 aromatic rings. The van der Waals surface area contributed by atoms with Crippen LogP contribution in [0.3, 0.4) is 0 Å². The number of nitrogens with two attached hydrogens (primary N) is 1. The van der Waals surface area contributed by atoms with E-state index in [9.17, 15) is 5.11 Å². The van der Waals surface area contributed by atoms with Gasteiger partial charge in [0, 0.05) is 0 Å². The molecule has 2 nitrogen and oxygen atoms in total. The minimum Gasteiger partial charge on any atom is -0.393 e. The molecule has 0 saturated heterocycles. The summed E-state index contributed by atoms with van der Waals surface area (Å²) in [5.41, 5.74) is 5.48. The highest BCUT2D eigenvalue weighted by atomic mass is 16.3. The van der Waals surface area contributed by atoms with Crippen molar-refractivity contribution in [3.8, 4) is 0 Å². The molecule has 2 heteroatoms. The fourth-order valence-electron chi connectivity index (χ4n) is 1.56. The van der Waals surface area contributed by atoms with E-state index < -0.39 is 0 Å². The summed E-state index contributed by atoms with van der Waals surface area (Å²) in [5, 5.41) is 9.24. The highest BCUT2D eigenvalue weighted by Crippen LogP contribution is 2.30. The van der Waals surface area contributed by atoms with E-state index in [-0.39, 0.29) is 6.10 Å². The molecule has 54 valence electrons. The maximum absolute atomic E-state index is 9.24. The quantitative estimate of drug-likeness (QED) is 0.536. The fourth-order valence-corrected chi connectivity index (χ4v) is 1.56. The third-order valence-electron chi connectivity index (χ3n) is 2.49. The molecule has 1 rings (SSSR count). The Balaban J connectivity index is 2.41. The van der Waals surface area contributed by atoms with E-state index in [2.05, 4.69) is 6.92 Å². The van der Waals surface area contributed by atoms with Crippen LogP contribution in [0.2, 0.25) is 0 Å². The summed E-state index contributed by atoms with van der Waals surface area (Å²) in [6.45, 7) is 2.81. The van der Waals surface area contributed by atoms with Gasteiger partial charge in [-0.1, -0.05) is 6.92 Å². The first-order valence-electron chi connectivity index (χ1n) is 3.64. The summed E-state index contributed by atoms with van der Waals surface area (Å²) >= 11 is 0. The molecule has 1 fully saturated rings. The van der Waals surface area contributed by atoms with E-state index in [1.165, 1.54) is 0 Å². The third-order valence-corrected chi connectivity index (χ3v) is 2.49.